The highest BCUT2D eigenvalue weighted by Crippen LogP contribution is 2.49. The quantitative estimate of drug-likeness (QED) is 0.460. The van der Waals surface area contributed by atoms with Crippen LogP contribution in [0.5, 0.6) is 0 Å². The normalized spacial score (nSPS) is 29.9. The number of quaternary nitrogens is 2. The van der Waals surface area contributed by atoms with Gasteiger partial charge in [-0.15, -0.1) is 0 Å². The minimum atomic E-state index is 0.511. The Labute approximate surface area is 150 Å². The van der Waals surface area contributed by atoms with E-state index in [1.165, 1.54) is 11.3 Å². The van der Waals surface area contributed by atoms with E-state index in [2.05, 4.69) is 50.4 Å². The lowest BCUT2D eigenvalue weighted by atomic mass is 10.1. The highest BCUT2D eigenvalue weighted by Gasteiger charge is 2.66. The Morgan fingerprint density at radius 1 is 1.04 bits per heavy atom. The second kappa shape index (κ2) is 4.19. The number of rotatable bonds is 1. The van der Waals surface area contributed by atoms with E-state index in [9.17, 15) is 0 Å². The zero-order valence-corrected chi connectivity index (χ0v) is 15.4. The van der Waals surface area contributed by atoms with Gasteiger partial charge in [0.15, 0.2) is 29.3 Å². The van der Waals surface area contributed by atoms with E-state index in [4.69, 9.17) is 8.83 Å². The molecule has 7 rings (SSSR count). The van der Waals surface area contributed by atoms with E-state index < -0.39 is 0 Å². The maximum absolute atomic E-state index is 6.25. The van der Waals surface area contributed by atoms with Crippen molar-refractivity contribution in [2.24, 2.45) is 0 Å². The first kappa shape index (κ1) is 14.5. The van der Waals surface area contributed by atoms with Gasteiger partial charge in [-0.05, 0) is 32.0 Å². The molecule has 0 radical (unpaired) electrons. The van der Waals surface area contributed by atoms with Gasteiger partial charge < -0.3 is 8.83 Å². The molecule has 3 atom stereocenters. The zero-order chi connectivity index (χ0) is 17.8. The summed E-state index contributed by atoms with van der Waals surface area (Å²) in [5.41, 5.74) is 6.68. The van der Waals surface area contributed by atoms with E-state index >= 15 is 0 Å². The molecular formula is C21H21N3O2+2. The summed E-state index contributed by atoms with van der Waals surface area (Å²) in [6.45, 7) is 7.56. The van der Waals surface area contributed by atoms with E-state index in [-0.39, 0.29) is 0 Å². The Morgan fingerprint density at radius 3 is 2.58 bits per heavy atom. The summed E-state index contributed by atoms with van der Waals surface area (Å²) < 4.78 is 14.2. The molecule has 3 aliphatic heterocycles. The van der Waals surface area contributed by atoms with Crippen LogP contribution >= 0.6 is 0 Å². The average Bonchev–Trinajstić information content (AvgIpc) is 3.30. The Balaban J connectivity index is 1.62. The topological polar surface area (TPSA) is 39.2 Å². The summed E-state index contributed by atoms with van der Waals surface area (Å²) in [5.74, 6) is 0. The minimum Gasteiger partial charge on any atom is -0.452 e. The third-order valence-corrected chi connectivity index (χ3v) is 6.58. The summed E-state index contributed by atoms with van der Waals surface area (Å²) in [5, 5.41) is 1.97. The third kappa shape index (κ3) is 1.48. The van der Waals surface area contributed by atoms with Gasteiger partial charge >= 0.3 is 0 Å². The van der Waals surface area contributed by atoms with Crippen molar-refractivity contribution in [2.45, 2.75) is 26.9 Å². The van der Waals surface area contributed by atoms with Crippen LogP contribution < -0.4 is 4.48 Å². The Morgan fingerprint density at radius 2 is 1.85 bits per heavy atom. The molecule has 6 heterocycles. The maximum Gasteiger partial charge on any atom is 0.235 e. The molecule has 3 aromatic heterocycles. The van der Waals surface area contributed by atoms with E-state index in [1.54, 1.807) is 0 Å². The fourth-order valence-corrected chi connectivity index (χ4v) is 4.91. The molecule has 4 aromatic rings. The van der Waals surface area contributed by atoms with Crippen molar-refractivity contribution >= 4 is 38.9 Å². The number of fused-ring (bicyclic) bond motifs is 5. The first-order valence-electron chi connectivity index (χ1n) is 9.08. The maximum atomic E-state index is 6.25. The number of nitrogens with zero attached hydrogens (tertiary/aromatic N) is 3. The van der Waals surface area contributed by atoms with Crippen LogP contribution in [0.15, 0.2) is 45.5 Å². The van der Waals surface area contributed by atoms with Gasteiger partial charge in [0.05, 0.1) is 17.8 Å². The number of benzene rings is 1. The lowest BCUT2D eigenvalue weighted by Crippen LogP contribution is -2.76. The molecule has 2 bridgehead atoms. The number of hydrogen-bond acceptors (Lipinski definition) is 3. The van der Waals surface area contributed by atoms with Gasteiger partial charge in [0, 0.05) is 24.2 Å². The lowest BCUT2D eigenvalue weighted by Gasteiger charge is -2.51. The number of aryl methyl sites for hydroxylation is 2. The van der Waals surface area contributed by atoms with E-state index in [0.29, 0.717) is 11.9 Å². The van der Waals surface area contributed by atoms with Crippen LogP contribution in [0.1, 0.15) is 18.2 Å². The highest BCUT2D eigenvalue weighted by molar-refractivity contribution is 6.12. The summed E-state index contributed by atoms with van der Waals surface area (Å²) in [6.07, 6.45) is 5.18. The van der Waals surface area contributed by atoms with Gasteiger partial charge in [-0.3, -0.25) is 0 Å². The molecule has 0 saturated carbocycles. The number of furan rings is 2. The Hall–Kier alpha value is -2.63. The summed E-state index contributed by atoms with van der Waals surface area (Å²) in [7, 11) is 2.29. The van der Waals surface area contributed by atoms with Crippen LogP contribution in [0.25, 0.3) is 33.2 Å². The molecule has 0 N–H and O–H groups in total. The van der Waals surface area contributed by atoms with Crippen LogP contribution in [0.4, 0.5) is 5.69 Å². The van der Waals surface area contributed by atoms with Crippen LogP contribution in [-0.4, -0.2) is 29.3 Å². The van der Waals surface area contributed by atoms with Gasteiger partial charge in [-0.1, -0.05) is 0 Å². The largest absolute Gasteiger partial charge is 0.452 e. The van der Waals surface area contributed by atoms with Gasteiger partial charge in [-0.2, -0.15) is 8.97 Å². The lowest BCUT2D eigenvalue weighted by molar-refractivity contribution is -0.941. The van der Waals surface area contributed by atoms with Gasteiger partial charge in [-0.25, -0.2) is 4.98 Å². The smallest absolute Gasteiger partial charge is 0.235 e. The highest BCUT2D eigenvalue weighted by atomic mass is 16.4. The molecule has 3 aliphatic rings. The molecule has 2 unspecified atom stereocenters. The Bertz CT molecular complexity index is 1280. The average molecular weight is 347 g/mol. The second-order valence-electron chi connectivity index (χ2n) is 8.15. The Kier molecular flexibility index (Phi) is 2.34. The van der Waals surface area contributed by atoms with E-state index in [0.717, 1.165) is 48.9 Å². The summed E-state index contributed by atoms with van der Waals surface area (Å²) >= 11 is 0. The SMILES string of the molecule is Cc1ccc2c(n1)oc1c3cc(C)c([N+]45C=C[N+](C)(C4)[C@@H]5C)cc3oc21. The van der Waals surface area contributed by atoms with Crippen LogP contribution in [-0.2, 0) is 0 Å². The molecule has 1 aromatic carbocycles. The molecular weight excluding hydrogens is 326 g/mol. The molecule has 130 valence electrons. The fourth-order valence-electron chi connectivity index (χ4n) is 4.91. The first-order valence-corrected chi connectivity index (χ1v) is 9.08. The van der Waals surface area contributed by atoms with Gasteiger partial charge in [0.1, 0.15) is 5.58 Å². The van der Waals surface area contributed by atoms with Crippen molar-refractivity contribution in [3.8, 4) is 0 Å². The monoisotopic (exact) mass is 347 g/mol. The van der Waals surface area contributed by atoms with E-state index in [1.807, 2.05) is 19.1 Å². The third-order valence-electron chi connectivity index (χ3n) is 6.58. The molecule has 26 heavy (non-hydrogen) atoms. The van der Waals surface area contributed by atoms with Gasteiger partial charge in [0.2, 0.25) is 18.5 Å². The predicted octanol–water partition coefficient (Wildman–Crippen LogP) is 4.90. The standard InChI is InChI=1S/C21H21N3O2/c1-12-9-16-18(10-17(12)24-8-7-23(4,11-24)14(24)3)25-19-15-6-5-13(2)22-21(15)26-20(16)19/h5-10,14H,11H2,1-4H3/q+2/t14-,23?,24?/m0/s1. The van der Waals surface area contributed by atoms with Crippen molar-refractivity contribution in [3.63, 3.8) is 0 Å². The zero-order valence-electron chi connectivity index (χ0n) is 15.4. The van der Waals surface area contributed by atoms with Gasteiger partial charge in [0.25, 0.3) is 0 Å². The van der Waals surface area contributed by atoms with Crippen LogP contribution in [0.2, 0.25) is 0 Å². The molecule has 5 nitrogen and oxygen atoms in total. The van der Waals surface area contributed by atoms with Crippen LogP contribution in [0.3, 0.4) is 0 Å². The summed E-state index contributed by atoms with van der Waals surface area (Å²) in [4.78, 5) is 4.49. The molecule has 0 spiro atoms. The first-order chi connectivity index (χ1) is 12.4. The fraction of sp³-hybridized carbons (Fsp3) is 0.286. The number of hydrogen-bond donors (Lipinski definition) is 0. The molecule has 0 aliphatic carbocycles. The van der Waals surface area contributed by atoms with Crippen LogP contribution in [0, 0.1) is 13.8 Å². The minimum absolute atomic E-state index is 0.511. The molecule has 1 saturated heterocycles. The predicted molar refractivity (Wildman–Crippen MR) is 102 cm³/mol. The molecule has 5 heteroatoms. The summed E-state index contributed by atoms with van der Waals surface area (Å²) in [6, 6.07) is 8.45. The molecule has 1 fully saturated rings. The van der Waals surface area contributed by atoms with Crippen molar-refractivity contribution in [2.75, 3.05) is 13.7 Å². The second-order valence-corrected chi connectivity index (χ2v) is 8.15. The van der Waals surface area contributed by atoms with Crippen molar-refractivity contribution in [3.05, 3.63) is 47.9 Å². The number of pyridine rings is 1. The number of aromatic nitrogens is 1. The van der Waals surface area contributed by atoms with Crippen molar-refractivity contribution in [1.29, 1.82) is 0 Å². The van der Waals surface area contributed by atoms with Crippen molar-refractivity contribution < 1.29 is 13.3 Å². The van der Waals surface area contributed by atoms with Crippen molar-refractivity contribution in [1.82, 2.24) is 9.47 Å². The molecule has 0 amide bonds.